The summed E-state index contributed by atoms with van der Waals surface area (Å²) in [5, 5.41) is 8.96. The minimum absolute atomic E-state index is 0.105. The lowest BCUT2D eigenvalue weighted by Crippen LogP contribution is -2.36. The second-order valence-corrected chi connectivity index (χ2v) is 5.84. The van der Waals surface area contributed by atoms with Gasteiger partial charge in [0.25, 0.3) is 5.56 Å². The number of nitrogens with one attached hydrogen (secondary N) is 2. The van der Waals surface area contributed by atoms with Gasteiger partial charge in [-0.1, -0.05) is 6.07 Å². The molecule has 2 aromatic heterocycles. The number of carbonyl (C=O) groups excluding carboxylic acids is 1. The van der Waals surface area contributed by atoms with E-state index in [2.05, 4.69) is 25.8 Å². The zero-order valence-electron chi connectivity index (χ0n) is 15.6. The molecule has 0 unspecified atom stereocenters. The van der Waals surface area contributed by atoms with Crippen molar-refractivity contribution in [3.05, 3.63) is 52.3 Å². The molecule has 11 heteroatoms. The molecule has 0 spiro atoms. The topological polar surface area (TPSA) is 163 Å². The van der Waals surface area contributed by atoms with E-state index in [1.807, 2.05) is 18.2 Å². The SMILES string of the molecule is Cc1cnc(NCCc2ccccn2)c(=O)n1CC(=O)NCCON=C(N)N. The van der Waals surface area contributed by atoms with Crippen LogP contribution in [0.15, 0.2) is 40.5 Å². The van der Waals surface area contributed by atoms with Gasteiger partial charge >= 0.3 is 0 Å². The maximum Gasteiger partial charge on any atom is 0.293 e. The van der Waals surface area contributed by atoms with Crippen LogP contribution in [0.5, 0.6) is 0 Å². The highest BCUT2D eigenvalue weighted by atomic mass is 16.6. The van der Waals surface area contributed by atoms with E-state index in [0.29, 0.717) is 18.7 Å². The second kappa shape index (κ2) is 10.5. The molecule has 0 atom stereocenters. The normalized spacial score (nSPS) is 10.2. The van der Waals surface area contributed by atoms with Crippen LogP contribution in [0.3, 0.4) is 0 Å². The number of aryl methyl sites for hydroxylation is 1. The van der Waals surface area contributed by atoms with Crippen LogP contribution in [0.25, 0.3) is 0 Å². The number of amides is 1. The number of guanidine groups is 1. The first kappa shape index (κ1) is 20.7. The molecule has 11 nitrogen and oxygen atoms in total. The first-order chi connectivity index (χ1) is 13.5. The summed E-state index contributed by atoms with van der Waals surface area (Å²) >= 11 is 0. The van der Waals surface area contributed by atoms with E-state index in [0.717, 1.165) is 5.69 Å². The van der Waals surface area contributed by atoms with Crippen molar-refractivity contribution in [2.45, 2.75) is 19.9 Å². The number of anilines is 1. The molecule has 0 aromatic carbocycles. The second-order valence-electron chi connectivity index (χ2n) is 5.84. The number of rotatable bonds is 10. The van der Waals surface area contributed by atoms with Crippen LogP contribution in [-0.2, 0) is 22.6 Å². The summed E-state index contributed by atoms with van der Waals surface area (Å²) < 4.78 is 1.35. The predicted octanol–water partition coefficient (Wildman–Crippen LogP) is -1.08. The van der Waals surface area contributed by atoms with E-state index in [1.54, 1.807) is 19.3 Å². The molecule has 150 valence electrons. The summed E-state index contributed by atoms with van der Waals surface area (Å²) in [5.41, 5.74) is 11.3. The van der Waals surface area contributed by atoms with E-state index >= 15 is 0 Å². The van der Waals surface area contributed by atoms with Crippen molar-refractivity contribution in [1.82, 2.24) is 19.9 Å². The van der Waals surface area contributed by atoms with Gasteiger partial charge in [-0.2, -0.15) is 0 Å². The third-order valence-corrected chi connectivity index (χ3v) is 3.64. The van der Waals surface area contributed by atoms with E-state index in [9.17, 15) is 9.59 Å². The van der Waals surface area contributed by atoms with Crippen molar-refractivity contribution in [3.8, 4) is 0 Å². The van der Waals surface area contributed by atoms with Crippen molar-refractivity contribution in [3.63, 3.8) is 0 Å². The van der Waals surface area contributed by atoms with Gasteiger partial charge in [-0.15, -0.1) is 0 Å². The molecule has 2 heterocycles. The van der Waals surface area contributed by atoms with Gasteiger partial charge in [-0.25, -0.2) is 4.98 Å². The molecule has 0 saturated carbocycles. The van der Waals surface area contributed by atoms with Crippen LogP contribution in [-0.4, -0.2) is 46.1 Å². The van der Waals surface area contributed by atoms with Gasteiger partial charge in [-0.05, 0) is 24.2 Å². The predicted molar refractivity (Wildman–Crippen MR) is 104 cm³/mol. The summed E-state index contributed by atoms with van der Waals surface area (Å²) in [6.07, 6.45) is 3.90. The van der Waals surface area contributed by atoms with Crippen molar-refractivity contribution in [1.29, 1.82) is 0 Å². The van der Waals surface area contributed by atoms with Crippen molar-refractivity contribution >= 4 is 17.7 Å². The van der Waals surface area contributed by atoms with Crippen LogP contribution in [0.4, 0.5) is 5.82 Å². The van der Waals surface area contributed by atoms with Gasteiger partial charge in [0.2, 0.25) is 11.9 Å². The molecule has 0 aliphatic carbocycles. The minimum Gasteiger partial charge on any atom is -0.391 e. The van der Waals surface area contributed by atoms with Gasteiger partial charge in [0.1, 0.15) is 13.2 Å². The Bertz CT molecular complexity index is 862. The summed E-state index contributed by atoms with van der Waals surface area (Å²) in [6.45, 7) is 2.38. The molecule has 2 aromatic rings. The molecule has 6 N–H and O–H groups in total. The zero-order chi connectivity index (χ0) is 20.4. The van der Waals surface area contributed by atoms with Crippen LogP contribution in [0.1, 0.15) is 11.4 Å². The Hall–Kier alpha value is -3.63. The Morgan fingerprint density at radius 3 is 2.82 bits per heavy atom. The van der Waals surface area contributed by atoms with E-state index in [4.69, 9.17) is 16.3 Å². The molecule has 0 bridgehead atoms. The smallest absolute Gasteiger partial charge is 0.293 e. The van der Waals surface area contributed by atoms with E-state index in [1.165, 1.54) is 4.57 Å². The fourth-order valence-corrected chi connectivity index (χ4v) is 2.30. The molecule has 1 amide bonds. The third kappa shape index (κ3) is 6.59. The van der Waals surface area contributed by atoms with Crippen LogP contribution in [0.2, 0.25) is 0 Å². The standard InChI is InChI=1S/C17H24N8O3/c1-12-10-23-15(22-7-5-13-4-2-3-6-20-13)16(27)25(12)11-14(26)21-8-9-28-24-17(18)19/h2-4,6,10H,5,7-9,11H2,1H3,(H,21,26)(H,22,23)(H4,18,19,24). The van der Waals surface area contributed by atoms with E-state index < -0.39 is 0 Å². The Kier molecular flexibility index (Phi) is 7.76. The molecular formula is C17H24N8O3. The van der Waals surface area contributed by atoms with Crippen LogP contribution in [0, 0.1) is 6.92 Å². The van der Waals surface area contributed by atoms with E-state index in [-0.39, 0.29) is 42.9 Å². The first-order valence-corrected chi connectivity index (χ1v) is 8.65. The molecule has 0 saturated heterocycles. The lowest BCUT2D eigenvalue weighted by Gasteiger charge is -2.12. The summed E-state index contributed by atoms with van der Waals surface area (Å²) in [5.74, 6) is -0.358. The Morgan fingerprint density at radius 1 is 1.29 bits per heavy atom. The highest BCUT2D eigenvalue weighted by Crippen LogP contribution is 2.00. The Labute approximate surface area is 161 Å². The summed E-state index contributed by atoms with van der Waals surface area (Å²) in [4.78, 5) is 37.8. The number of nitrogens with zero attached hydrogens (tertiary/aromatic N) is 4. The zero-order valence-corrected chi connectivity index (χ0v) is 15.6. The number of pyridine rings is 1. The highest BCUT2D eigenvalue weighted by Gasteiger charge is 2.11. The quantitative estimate of drug-likeness (QED) is 0.173. The van der Waals surface area contributed by atoms with Crippen LogP contribution < -0.4 is 27.7 Å². The van der Waals surface area contributed by atoms with Crippen LogP contribution >= 0.6 is 0 Å². The number of oxime groups is 1. The molecule has 0 aliphatic rings. The third-order valence-electron chi connectivity index (χ3n) is 3.64. The number of carbonyl (C=O) groups is 1. The number of aromatic nitrogens is 3. The molecule has 2 rings (SSSR count). The minimum atomic E-state index is -0.368. The van der Waals surface area contributed by atoms with Gasteiger partial charge in [-0.3, -0.25) is 19.1 Å². The van der Waals surface area contributed by atoms with Crippen molar-refractivity contribution in [2.75, 3.05) is 25.0 Å². The Morgan fingerprint density at radius 2 is 2.11 bits per heavy atom. The molecule has 28 heavy (non-hydrogen) atoms. The summed E-state index contributed by atoms with van der Waals surface area (Å²) in [7, 11) is 0. The summed E-state index contributed by atoms with van der Waals surface area (Å²) in [6, 6.07) is 5.65. The maximum atomic E-state index is 12.6. The number of hydrogen-bond acceptors (Lipinski definition) is 7. The molecule has 0 fully saturated rings. The monoisotopic (exact) mass is 388 g/mol. The number of hydrogen-bond donors (Lipinski definition) is 4. The fraction of sp³-hybridized carbons (Fsp3) is 0.353. The molecule has 0 radical (unpaired) electrons. The average Bonchev–Trinajstić information content (AvgIpc) is 2.67. The van der Waals surface area contributed by atoms with Gasteiger partial charge in [0.05, 0.1) is 6.54 Å². The largest absolute Gasteiger partial charge is 0.391 e. The van der Waals surface area contributed by atoms with Crippen molar-refractivity contribution < 1.29 is 9.63 Å². The molecular weight excluding hydrogens is 364 g/mol. The first-order valence-electron chi connectivity index (χ1n) is 8.65. The highest BCUT2D eigenvalue weighted by molar-refractivity contribution is 5.76. The molecule has 0 aliphatic heterocycles. The lowest BCUT2D eigenvalue weighted by molar-refractivity contribution is -0.122. The van der Waals surface area contributed by atoms with Crippen molar-refractivity contribution in [2.24, 2.45) is 16.6 Å². The fourth-order valence-electron chi connectivity index (χ4n) is 2.30. The lowest BCUT2D eigenvalue weighted by atomic mass is 10.3. The van der Waals surface area contributed by atoms with Gasteiger partial charge in [0, 0.05) is 36.7 Å². The average molecular weight is 388 g/mol. The maximum absolute atomic E-state index is 12.6. The Balaban J connectivity index is 1.89. The number of nitrogens with two attached hydrogens (primary N) is 2. The van der Waals surface area contributed by atoms with Gasteiger partial charge < -0.3 is 26.9 Å². The van der Waals surface area contributed by atoms with Gasteiger partial charge in [0.15, 0.2) is 5.82 Å².